The van der Waals surface area contributed by atoms with Gasteiger partial charge in [-0.05, 0) is 51.2 Å². The molecular formula is C29H36N2O6. The number of esters is 1. The quantitative estimate of drug-likeness (QED) is 0.496. The Morgan fingerprint density at radius 1 is 1.08 bits per heavy atom. The predicted molar refractivity (Wildman–Crippen MR) is 138 cm³/mol. The Labute approximate surface area is 217 Å². The highest BCUT2D eigenvalue weighted by Gasteiger charge is 2.75. The summed E-state index contributed by atoms with van der Waals surface area (Å²) in [5, 5.41) is 10.3. The van der Waals surface area contributed by atoms with Gasteiger partial charge in [0.1, 0.15) is 17.6 Å². The maximum Gasteiger partial charge on any atom is 0.313 e. The highest BCUT2D eigenvalue weighted by atomic mass is 16.6. The predicted octanol–water partition coefficient (Wildman–Crippen LogP) is 2.84. The van der Waals surface area contributed by atoms with Crippen molar-refractivity contribution in [3.8, 4) is 0 Å². The third-order valence-corrected chi connectivity index (χ3v) is 8.47. The van der Waals surface area contributed by atoms with Crippen LogP contribution in [0, 0.1) is 25.7 Å². The van der Waals surface area contributed by atoms with Gasteiger partial charge in [-0.3, -0.25) is 14.4 Å². The van der Waals surface area contributed by atoms with Gasteiger partial charge in [0.05, 0.1) is 30.8 Å². The van der Waals surface area contributed by atoms with E-state index >= 15 is 0 Å². The largest absolute Gasteiger partial charge is 0.465 e. The number of aryl methyl sites for hydroxylation is 2. The summed E-state index contributed by atoms with van der Waals surface area (Å²) < 4.78 is 12.4. The second-order valence-corrected chi connectivity index (χ2v) is 10.8. The smallest absolute Gasteiger partial charge is 0.313 e. The summed E-state index contributed by atoms with van der Waals surface area (Å²) in [6, 6.07) is 4.25. The van der Waals surface area contributed by atoms with Gasteiger partial charge in [-0.15, -0.1) is 0 Å². The number of para-hydroxylation sites is 1. The van der Waals surface area contributed by atoms with Crippen molar-refractivity contribution in [3.63, 3.8) is 0 Å². The van der Waals surface area contributed by atoms with Crippen molar-refractivity contribution in [1.29, 1.82) is 0 Å². The average Bonchev–Trinajstić information content (AvgIpc) is 3.21. The second-order valence-electron chi connectivity index (χ2n) is 10.8. The van der Waals surface area contributed by atoms with Crippen molar-refractivity contribution in [2.75, 3.05) is 24.7 Å². The van der Waals surface area contributed by atoms with E-state index in [-0.39, 0.29) is 25.0 Å². The summed E-state index contributed by atoms with van der Waals surface area (Å²) in [6.07, 6.45) is 9.39. The summed E-state index contributed by atoms with van der Waals surface area (Å²) in [4.78, 5) is 45.5. The summed E-state index contributed by atoms with van der Waals surface area (Å²) in [7, 11) is 0. The fourth-order valence-electron chi connectivity index (χ4n) is 6.81. The first-order valence-corrected chi connectivity index (χ1v) is 13.2. The number of ether oxygens (including phenoxy) is 2. The zero-order chi connectivity index (χ0) is 26.5. The Bertz CT molecular complexity index is 1150. The molecule has 4 aliphatic heterocycles. The molecule has 0 saturated carbocycles. The number of fused-ring (bicyclic) bond motifs is 2. The molecule has 8 heteroatoms. The molecule has 1 N–H and O–H groups in total. The molecule has 0 aliphatic carbocycles. The number of nitrogens with zero attached hydrogens (tertiary/aromatic N) is 2. The Morgan fingerprint density at radius 3 is 2.49 bits per heavy atom. The van der Waals surface area contributed by atoms with Crippen molar-refractivity contribution in [2.45, 2.75) is 70.2 Å². The molecule has 1 aromatic rings. The zero-order valence-electron chi connectivity index (χ0n) is 22.0. The monoisotopic (exact) mass is 508 g/mol. The third-order valence-electron chi connectivity index (χ3n) is 8.47. The lowest BCUT2D eigenvalue weighted by atomic mass is 9.74. The molecule has 4 heterocycles. The molecule has 0 aromatic heterocycles. The number of benzene rings is 1. The Kier molecular flexibility index (Phi) is 6.52. The molecule has 8 nitrogen and oxygen atoms in total. The van der Waals surface area contributed by atoms with Crippen LogP contribution in [0.1, 0.15) is 44.2 Å². The number of hydrogen-bond acceptors (Lipinski definition) is 6. The molecule has 1 aromatic carbocycles. The van der Waals surface area contributed by atoms with E-state index in [1.807, 2.05) is 63.3 Å². The van der Waals surface area contributed by atoms with Gasteiger partial charge in [-0.2, -0.15) is 0 Å². The van der Waals surface area contributed by atoms with Crippen LogP contribution in [0.25, 0.3) is 0 Å². The number of likely N-dealkylation sites (tertiary alicyclic amines) is 1. The van der Waals surface area contributed by atoms with E-state index in [1.165, 1.54) is 4.90 Å². The molecule has 2 amide bonds. The number of aliphatic hydroxyl groups excluding tert-OH is 1. The van der Waals surface area contributed by atoms with Crippen LogP contribution in [0.15, 0.2) is 42.5 Å². The van der Waals surface area contributed by atoms with Crippen LogP contribution in [0.4, 0.5) is 5.69 Å². The van der Waals surface area contributed by atoms with Crippen LogP contribution >= 0.6 is 0 Å². The van der Waals surface area contributed by atoms with E-state index in [0.29, 0.717) is 19.4 Å². The Hall–Kier alpha value is -2.97. The maximum atomic E-state index is 14.5. The van der Waals surface area contributed by atoms with E-state index in [0.717, 1.165) is 23.2 Å². The van der Waals surface area contributed by atoms with Crippen molar-refractivity contribution >= 4 is 23.5 Å². The minimum atomic E-state index is -1.37. The van der Waals surface area contributed by atoms with Gasteiger partial charge in [0.15, 0.2) is 0 Å². The van der Waals surface area contributed by atoms with Crippen molar-refractivity contribution in [1.82, 2.24) is 4.90 Å². The third kappa shape index (κ3) is 3.76. The Balaban J connectivity index is 1.70. The number of cyclic esters (lactones) is 1. The second kappa shape index (κ2) is 9.40. The van der Waals surface area contributed by atoms with E-state index < -0.39 is 41.1 Å². The molecule has 1 unspecified atom stereocenters. The molecule has 0 bridgehead atoms. The van der Waals surface area contributed by atoms with Gasteiger partial charge in [-0.25, -0.2) is 0 Å². The van der Waals surface area contributed by atoms with Crippen LogP contribution in [-0.4, -0.2) is 70.8 Å². The average molecular weight is 509 g/mol. The highest BCUT2D eigenvalue weighted by molar-refractivity contribution is 6.06. The lowest BCUT2D eigenvalue weighted by molar-refractivity contribution is -0.159. The van der Waals surface area contributed by atoms with Crippen molar-refractivity contribution in [3.05, 3.63) is 53.6 Å². The minimum Gasteiger partial charge on any atom is -0.465 e. The summed E-state index contributed by atoms with van der Waals surface area (Å²) in [5.74, 6) is -2.99. The van der Waals surface area contributed by atoms with Crippen LogP contribution in [0.2, 0.25) is 0 Å². The number of anilines is 1. The summed E-state index contributed by atoms with van der Waals surface area (Å²) in [5.41, 5.74) is 0.203. The summed E-state index contributed by atoms with van der Waals surface area (Å²) in [6.45, 7) is 7.87. The molecule has 37 heavy (non-hydrogen) atoms. The first-order valence-electron chi connectivity index (χ1n) is 13.2. The molecule has 198 valence electrons. The number of allylic oxidation sites excluding steroid dienone is 1. The van der Waals surface area contributed by atoms with Gasteiger partial charge >= 0.3 is 5.97 Å². The van der Waals surface area contributed by atoms with Crippen LogP contribution in [0.5, 0.6) is 0 Å². The number of hydrogen-bond donors (Lipinski definition) is 1. The number of carbonyl (C=O) groups excluding carboxylic acids is 3. The fraction of sp³-hybridized carbons (Fsp3) is 0.552. The first kappa shape index (κ1) is 25.7. The van der Waals surface area contributed by atoms with Gasteiger partial charge in [0.25, 0.3) is 5.91 Å². The standard InChI is InChI=1S/C29H36N2O6/c1-5-20(17-32)31-24-26(34)30(23-18(2)11-9-12-19(23)3)15-10-14-29(24)21(25(31)33)22-27(35)36-16-8-6-7-13-28(22,4)37-29/h7,9-14,20-22,24,32H,5-6,8,15-17H2,1-4H3/b13-7-/t20-,21-,22-,24?,28+,29-/m0/s1. The SMILES string of the molecule is CC[C@@H](CO)N1C(=O)[C@@H]2[C@H]3C(=O)OCCC/C=C\[C@@]3(C)O[C@@]23C=CCN(c2c(C)cccc2C)C(=O)C13. The van der Waals surface area contributed by atoms with Crippen LogP contribution in [0.3, 0.4) is 0 Å². The molecule has 0 radical (unpaired) electrons. The fourth-order valence-corrected chi connectivity index (χ4v) is 6.81. The molecule has 2 fully saturated rings. The Morgan fingerprint density at radius 2 is 1.81 bits per heavy atom. The molecular weight excluding hydrogens is 472 g/mol. The number of carbonyl (C=O) groups is 3. The highest BCUT2D eigenvalue weighted by Crippen LogP contribution is 2.57. The summed E-state index contributed by atoms with van der Waals surface area (Å²) >= 11 is 0. The van der Waals surface area contributed by atoms with Gasteiger partial charge < -0.3 is 24.4 Å². The van der Waals surface area contributed by atoms with Crippen molar-refractivity contribution < 1.29 is 29.0 Å². The van der Waals surface area contributed by atoms with Gasteiger partial charge in [-0.1, -0.05) is 49.4 Å². The number of aliphatic hydroxyl groups is 1. The van der Waals surface area contributed by atoms with Gasteiger partial charge in [0.2, 0.25) is 5.91 Å². The number of rotatable bonds is 4. The van der Waals surface area contributed by atoms with E-state index in [4.69, 9.17) is 9.47 Å². The van der Waals surface area contributed by atoms with E-state index in [9.17, 15) is 19.5 Å². The molecule has 6 atom stereocenters. The molecule has 1 spiro atoms. The van der Waals surface area contributed by atoms with E-state index in [2.05, 4.69) is 0 Å². The first-order chi connectivity index (χ1) is 17.7. The number of amides is 2. The van der Waals surface area contributed by atoms with Gasteiger partial charge in [0, 0.05) is 12.2 Å². The zero-order valence-corrected chi connectivity index (χ0v) is 22.0. The molecule has 2 saturated heterocycles. The van der Waals surface area contributed by atoms with Crippen LogP contribution in [-0.2, 0) is 23.9 Å². The lowest BCUT2D eigenvalue weighted by Crippen LogP contribution is -2.59. The topological polar surface area (TPSA) is 96.4 Å². The van der Waals surface area contributed by atoms with Crippen molar-refractivity contribution in [2.24, 2.45) is 11.8 Å². The normalized spacial score (nSPS) is 35.1. The molecule has 5 rings (SSSR count). The minimum absolute atomic E-state index is 0.264. The van der Waals surface area contributed by atoms with Crippen LogP contribution < -0.4 is 4.90 Å². The molecule has 4 aliphatic rings. The maximum absolute atomic E-state index is 14.5. The van der Waals surface area contributed by atoms with E-state index in [1.54, 1.807) is 11.8 Å². The lowest BCUT2D eigenvalue weighted by Gasteiger charge is -2.40.